The quantitative estimate of drug-likeness (QED) is 0.847. The first kappa shape index (κ1) is 17.3. The van der Waals surface area contributed by atoms with Crippen LogP contribution in [0, 0.1) is 5.92 Å². The van der Waals surface area contributed by atoms with Gasteiger partial charge in [-0.3, -0.25) is 9.59 Å². The van der Waals surface area contributed by atoms with Crippen molar-refractivity contribution >= 4 is 34.8 Å². The molecule has 0 heterocycles. The summed E-state index contributed by atoms with van der Waals surface area (Å²) in [7, 11) is 1.51. The fraction of sp³-hybridized carbons (Fsp3) is 0.263. The topological polar surface area (TPSA) is 67.4 Å². The molecule has 0 radical (unpaired) electrons. The lowest BCUT2D eigenvalue weighted by Gasteiger charge is -2.12. The second-order valence-electron chi connectivity index (χ2n) is 6.06. The largest absolute Gasteiger partial charge is 0.494 e. The van der Waals surface area contributed by atoms with Crippen molar-refractivity contribution < 1.29 is 14.3 Å². The van der Waals surface area contributed by atoms with Gasteiger partial charge in [-0.25, -0.2) is 0 Å². The molecule has 1 saturated carbocycles. The average molecular weight is 359 g/mol. The summed E-state index contributed by atoms with van der Waals surface area (Å²) >= 11 is 6.21. The highest BCUT2D eigenvalue weighted by molar-refractivity contribution is 6.31. The van der Waals surface area contributed by atoms with Gasteiger partial charge < -0.3 is 15.4 Å². The molecular formula is C19H19ClN2O3. The van der Waals surface area contributed by atoms with Gasteiger partial charge in [0.05, 0.1) is 12.8 Å². The van der Waals surface area contributed by atoms with E-state index in [9.17, 15) is 9.59 Å². The van der Waals surface area contributed by atoms with E-state index in [-0.39, 0.29) is 23.7 Å². The number of nitrogens with one attached hydrogen (secondary N) is 2. The lowest BCUT2D eigenvalue weighted by atomic mass is 10.1. The molecule has 5 nitrogen and oxygen atoms in total. The van der Waals surface area contributed by atoms with Crippen LogP contribution in [-0.2, 0) is 9.59 Å². The number of benzene rings is 2. The number of hydrogen-bond donors (Lipinski definition) is 2. The third-order valence-corrected chi connectivity index (χ3v) is 4.56. The lowest BCUT2D eigenvalue weighted by molar-refractivity contribution is -0.117. The van der Waals surface area contributed by atoms with Crippen LogP contribution >= 0.6 is 11.6 Å². The number of amides is 2. The standard InChI is InChI=1S/C19H19ClN2O3/c1-11(23)21-17-8-7-12(9-18(17)25-2)22-19(24)15-10-14(15)13-5-3-4-6-16(13)20/h3-9,14-15H,10H2,1-2H3,(H,21,23)(H,22,24)/t14-,15+/m1/s1. The van der Waals surface area contributed by atoms with E-state index in [1.165, 1.54) is 14.0 Å². The van der Waals surface area contributed by atoms with Crippen LogP contribution in [0.4, 0.5) is 11.4 Å². The Morgan fingerprint density at radius 3 is 2.60 bits per heavy atom. The Hall–Kier alpha value is -2.53. The van der Waals surface area contributed by atoms with Crippen molar-refractivity contribution in [2.24, 2.45) is 5.92 Å². The molecule has 2 atom stereocenters. The van der Waals surface area contributed by atoms with Gasteiger partial charge in [0.2, 0.25) is 11.8 Å². The third kappa shape index (κ3) is 3.94. The minimum Gasteiger partial charge on any atom is -0.494 e. The maximum Gasteiger partial charge on any atom is 0.228 e. The van der Waals surface area contributed by atoms with Crippen molar-refractivity contribution in [3.05, 3.63) is 53.1 Å². The highest BCUT2D eigenvalue weighted by Gasteiger charge is 2.44. The predicted molar refractivity (Wildman–Crippen MR) is 98.2 cm³/mol. The first-order chi connectivity index (χ1) is 12.0. The minimum absolute atomic E-state index is 0.0424. The second-order valence-corrected chi connectivity index (χ2v) is 6.46. The number of methoxy groups -OCH3 is 1. The Morgan fingerprint density at radius 2 is 1.92 bits per heavy atom. The fourth-order valence-electron chi connectivity index (χ4n) is 2.90. The van der Waals surface area contributed by atoms with Crippen LogP contribution in [0.1, 0.15) is 24.8 Å². The van der Waals surface area contributed by atoms with Gasteiger partial charge in [-0.15, -0.1) is 0 Å². The average Bonchev–Trinajstić information content (AvgIpc) is 3.36. The summed E-state index contributed by atoms with van der Waals surface area (Å²) in [6, 6.07) is 12.7. The van der Waals surface area contributed by atoms with Crippen molar-refractivity contribution in [3.8, 4) is 5.75 Å². The summed E-state index contributed by atoms with van der Waals surface area (Å²) in [4.78, 5) is 23.7. The molecule has 0 unspecified atom stereocenters. The number of carbonyl (C=O) groups is 2. The number of carbonyl (C=O) groups excluding carboxylic acids is 2. The Labute approximate surface area is 151 Å². The lowest BCUT2D eigenvalue weighted by Crippen LogP contribution is -2.15. The van der Waals surface area contributed by atoms with Gasteiger partial charge >= 0.3 is 0 Å². The smallest absolute Gasteiger partial charge is 0.228 e. The second kappa shape index (κ2) is 7.15. The molecule has 0 aromatic heterocycles. The number of rotatable bonds is 5. The van der Waals surface area contributed by atoms with Crippen LogP contribution in [0.15, 0.2) is 42.5 Å². The first-order valence-electron chi connectivity index (χ1n) is 8.00. The van der Waals surface area contributed by atoms with Crippen LogP contribution in [0.3, 0.4) is 0 Å². The molecule has 2 aromatic carbocycles. The van der Waals surface area contributed by atoms with E-state index in [1.54, 1.807) is 18.2 Å². The Morgan fingerprint density at radius 1 is 1.16 bits per heavy atom. The van der Waals surface area contributed by atoms with Gasteiger partial charge in [0, 0.05) is 29.6 Å². The summed E-state index contributed by atoms with van der Waals surface area (Å²) in [5.41, 5.74) is 2.21. The zero-order valence-corrected chi connectivity index (χ0v) is 14.8. The molecule has 0 aliphatic heterocycles. The van der Waals surface area contributed by atoms with E-state index >= 15 is 0 Å². The van der Waals surface area contributed by atoms with Crippen molar-refractivity contribution in [3.63, 3.8) is 0 Å². The van der Waals surface area contributed by atoms with Gasteiger partial charge in [0.15, 0.2) is 0 Å². The van der Waals surface area contributed by atoms with Crippen LogP contribution in [0.5, 0.6) is 5.75 Å². The Bertz CT molecular complexity index is 822. The Kier molecular flexibility index (Phi) is 4.95. The molecule has 6 heteroatoms. The highest BCUT2D eigenvalue weighted by atomic mass is 35.5. The normalized spacial score (nSPS) is 18.4. The molecule has 0 saturated heterocycles. The molecular weight excluding hydrogens is 340 g/mol. The van der Waals surface area contributed by atoms with Gasteiger partial charge in [0.25, 0.3) is 0 Å². The summed E-state index contributed by atoms with van der Waals surface area (Å²) in [6.45, 7) is 1.43. The van der Waals surface area contributed by atoms with Gasteiger partial charge in [-0.2, -0.15) is 0 Å². The molecule has 1 fully saturated rings. The number of hydrogen-bond acceptors (Lipinski definition) is 3. The highest BCUT2D eigenvalue weighted by Crippen LogP contribution is 2.50. The predicted octanol–water partition coefficient (Wildman–Crippen LogP) is 4.05. The van der Waals surface area contributed by atoms with E-state index in [2.05, 4.69) is 10.6 Å². The number of anilines is 2. The fourth-order valence-corrected chi connectivity index (χ4v) is 3.18. The molecule has 0 bridgehead atoms. The summed E-state index contributed by atoms with van der Waals surface area (Å²) < 4.78 is 5.27. The summed E-state index contributed by atoms with van der Waals surface area (Å²) in [6.07, 6.45) is 0.788. The van der Waals surface area contributed by atoms with Crippen molar-refractivity contribution in [2.75, 3.05) is 17.7 Å². The molecule has 1 aliphatic carbocycles. The maximum absolute atomic E-state index is 12.5. The molecule has 0 spiro atoms. The van der Waals surface area contributed by atoms with Crippen molar-refractivity contribution in [2.45, 2.75) is 19.3 Å². The Balaban J connectivity index is 1.68. The van der Waals surface area contributed by atoms with Gasteiger partial charge in [0.1, 0.15) is 5.75 Å². The van der Waals surface area contributed by atoms with Crippen LogP contribution < -0.4 is 15.4 Å². The zero-order chi connectivity index (χ0) is 18.0. The van der Waals surface area contributed by atoms with Crippen molar-refractivity contribution in [1.29, 1.82) is 0 Å². The minimum atomic E-state index is -0.185. The number of ether oxygens (including phenoxy) is 1. The monoisotopic (exact) mass is 358 g/mol. The van der Waals surface area contributed by atoms with E-state index in [4.69, 9.17) is 16.3 Å². The van der Waals surface area contributed by atoms with E-state index < -0.39 is 0 Å². The molecule has 1 aliphatic rings. The van der Waals surface area contributed by atoms with Crippen LogP contribution in [0.2, 0.25) is 5.02 Å². The van der Waals surface area contributed by atoms with Crippen LogP contribution in [0.25, 0.3) is 0 Å². The zero-order valence-electron chi connectivity index (χ0n) is 14.0. The molecule has 2 amide bonds. The molecule has 25 heavy (non-hydrogen) atoms. The van der Waals surface area contributed by atoms with E-state index in [0.717, 1.165) is 12.0 Å². The van der Waals surface area contributed by atoms with Crippen LogP contribution in [-0.4, -0.2) is 18.9 Å². The van der Waals surface area contributed by atoms with Gasteiger partial charge in [-0.1, -0.05) is 29.8 Å². The number of halogens is 1. The molecule has 130 valence electrons. The SMILES string of the molecule is COc1cc(NC(=O)[C@H]2C[C@@H]2c2ccccc2Cl)ccc1NC(C)=O. The van der Waals surface area contributed by atoms with Crippen molar-refractivity contribution in [1.82, 2.24) is 0 Å². The van der Waals surface area contributed by atoms with E-state index in [0.29, 0.717) is 22.1 Å². The molecule has 2 N–H and O–H groups in total. The first-order valence-corrected chi connectivity index (χ1v) is 8.38. The molecule has 3 rings (SSSR count). The van der Waals surface area contributed by atoms with E-state index in [1.807, 2.05) is 24.3 Å². The summed E-state index contributed by atoms with van der Waals surface area (Å²) in [5.74, 6) is 0.344. The maximum atomic E-state index is 12.5. The van der Waals surface area contributed by atoms with Gasteiger partial charge in [-0.05, 0) is 36.1 Å². The third-order valence-electron chi connectivity index (χ3n) is 4.21. The summed E-state index contributed by atoms with van der Waals surface area (Å²) in [5, 5.41) is 6.29. The molecule has 2 aromatic rings.